The number of hydrogen-bond acceptors (Lipinski definition) is 9. The summed E-state index contributed by atoms with van der Waals surface area (Å²) >= 11 is 0. The number of aliphatic hydroxyl groups is 2. The topological polar surface area (TPSA) is 125 Å². The Morgan fingerprint density at radius 1 is 1.52 bits per heavy atom. The van der Waals surface area contributed by atoms with Crippen molar-refractivity contribution in [1.29, 1.82) is 0 Å². The van der Waals surface area contributed by atoms with Gasteiger partial charge in [0.25, 0.3) is 5.56 Å². The fourth-order valence-electron chi connectivity index (χ4n) is 2.38. The first-order valence-corrected chi connectivity index (χ1v) is 10.1. The predicted molar refractivity (Wildman–Crippen MR) is 98.7 cm³/mol. The first kappa shape index (κ1) is 18.1. The number of anilines is 1. The van der Waals surface area contributed by atoms with E-state index in [4.69, 9.17) is 4.74 Å². The summed E-state index contributed by atoms with van der Waals surface area (Å²) in [6.07, 6.45) is 0.945. The van der Waals surface area contributed by atoms with Crippen molar-refractivity contribution in [2.75, 3.05) is 24.7 Å². The summed E-state index contributed by atoms with van der Waals surface area (Å²) in [7, 11) is 4.63. The summed E-state index contributed by atoms with van der Waals surface area (Å²) in [5.74, 6) is 1.21. The minimum Gasteiger partial charge on any atom is -0.508 e. The van der Waals surface area contributed by atoms with Crippen LogP contribution in [0.1, 0.15) is 19.6 Å². The third kappa shape index (κ3) is 3.36. The zero-order valence-electron chi connectivity index (χ0n) is 13.7. The van der Waals surface area contributed by atoms with Crippen LogP contribution in [0.15, 0.2) is 21.8 Å². The minimum absolute atomic E-state index is 0.00151. The van der Waals surface area contributed by atoms with E-state index in [0.717, 1.165) is 12.2 Å². The van der Waals surface area contributed by atoms with Crippen molar-refractivity contribution in [3.8, 4) is 0 Å². The molecule has 11 heteroatoms. The maximum atomic E-state index is 12.1. The number of rotatable bonds is 7. The van der Waals surface area contributed by atoms with E-state index >= 15 is 0 Å². The molecule has 136 valence electrons. The van der Waals surface area contributed by atoms with E-state index in [2.05, 4.69) is 27.2 Å². The van der Waals surface area contributed by atoms with Crippen molar-refractivity contribution >= 4 is 38.7 Å². The first-order valence-electron chi connectivity index (χ1n) is 7.74. The highest BCUT2D eigenvalue weighted by Gasteiger charge is 2.37. The van der Waals surface area contributed by atoms with Crippen molar-refractivity contribution in [2.24, 2.45) is 0 Å². The lowest BCUT2D eigenvalue weighted by atomic mass is 10.3. The highest BCUT2D eigenvalue weighted by atomic mass is 33.1. The van der Waals surface area contributed by atoms with Gasteiger partial charge in [-0.2, -0.15) is 4.98 Å². The molecule has 0 aromatic carbocycles. The van der Waals surface area contributed by atoms with E-state index in [9.17, 15) is 15.0 Å². The highest BCUT2D eigenvalue weighted by Crippen LogP contribution is 2.45. The molecule has 1 aliphatic rings. The first-order chi connectivity index (χ1) is 12.1. The number of H-pyrrole nitrogens is 1. The summed E-state index contributed by atoms with van der Waals surface area (Å²) in [4.78, 5) is 23.7. The van der Waals surface area contributed by atoms with Gasteiger partial charge in [-0.1, -0.05) is 28.5 Å². The molecule has 2 atom stereocenters. The molecule has 0 saturated carbocycles. The van der Waals surface area contributed by atoms with Crippen LogP contribution in [0.5, 0.6) is 0 Å². The molecule has 4 N–H and O–H groups in total. The van der Waals surface area contributed by atoms with Crippen LogP contribution in [0.4, 0.5) is 5.95 Å². The number of aromatic nitrogens is 4. The Morgan fingerprint density at radius 3 is 3.00 bits per heavy atom. The van der Waals surface area contributed by atoms with Crippen molar-refractivity contribution in [3.05, 3.63) is 27.3 Å². The van der Waals surface area contributed by atoms with Gasteiger partial charge in [-0.05, 0) is 6.42 Å². The molecule has 9 nitrogen and oxygen atoms in total. The van der Waals surface area contributed by atoms with Gasteiger partial charge in [-0.15, -0.1) is 0 Å². The molecule has 0 unspecified atom stereocenters. The van der Waals surface area contributed by atoms with Gasteiger partial charge in [0.15, 0.2) is 17.4 Å². The zero-order chi connectivity index (χ0) is 18.0. The number of fused-ring (bicyclic) bond motifs is 1. The molecule has 1 aliphatic heterocycles. The second-order valence-electron chi connectivity index (χ2n) is 5.30. The van der Waals surface area contributed by atoms with Crippen LogP contribution in [0.2, 0.25) is 0 Å². The van der Waals surface area contributed by atoms with Gasteiger partial charge >= 0.3 is 0 Å². The van der Waals surface area contributed by atoms with Crippen LogP contribution >= 0.6 is 21.6 Å². The quantitative estimate of drug-likeness (QED) is 0.415. The van der Waals surface area contributed by atoms with Crippen molar-refractivity contribution in [3.63, 3.8) is 0 Å². The Hall–Kier alpha value is -1.69. The third-order valence-electron chi connectivity index (χ3n) is 3.60. The van der Waals surface area contributed by atoms with Crippen molar-refractivity contribution in [1.82, 2.24) is 19.5 Å². The Balaban J connectivity index is 2.03. The van der Waals surface area contributed by atoms with Gasteiger partial charge in [-0.25, -0.2) is 4.98 Å². The molecule has 2 aromatic heterocycles. The Labute approximate surface area is 151 Å². The van der Waals surface area contributed by atoms with Crippen LogP contribution in [0.3, 0.4) is 0 Å². The lowest BCUT2D eigenvalue weighted by Gasteiger charge is -2.16. The lowest BCUT2D eigenvalue weighted by Crippen LogP contribution is -2.19. The average molecular weight is 385 g/mol. The SMILES string of the molecule is CCCSSC1=C(O)[C@@H](CO)O[C@H]1n1cnc2c(=O)[nH]c(NC)nc21. The second kappa shape index (κ2) is 7.68. The maximum absolute atomic E-state index is 12.1. The Morgan fingerprint density at radius 2 is 2.32 bits per heavy atom. The number of hydrogen-bond donors (Lipinski definition) is 4. The number of imidazole rings is 1. The molecular formula is C14H19N5O4S2. The summed E-state index contributed by atoms with van der Waals surface area (Å²) in [5, 5.41) is 22.6. The van der Waals surface area contributed by atoms with Crippen LogP contribution in [0, 0.1) is 0 Å². The molecular weight excluding hydrogens is 366 g/mol. The molecule has 0 amide bonds. The Bertz CT molecular complexity index is 849. The van der Waals surface area contributed by atoms with Gasteiger partial charge in [0.05, 0.1) is 17.8 Å². The molecule has 2 aromatic rings. The summed E-state index contributed by atoms with van der Waals surface area (Å²) in [6.45, 7) is 1.73. The third-order valence-corrected chi connectivity index (χ3v) is 6.27. The minimum atomic E-state index is -0.807. The lowest BCUT2D eigenvalue weighted by molar-refractivity contribution is -0.0224. The zero-order valence-corrected chi connectivity index (χ0v) is 15.4. The number of aliphatic hydroxyl groups excluding tert-OH is 2. The standard InChI is InChI=1S/C14H19N5O4S2/c1-3-4-24-25-10-9(21)7(5-20)23-13(10)19-6-16-8-11(19)17-14(15-2)18-12(8)22/h6-7,13,20-21H,3-5H2,1-2H3,(H2,15,17,18,22)/t7-,13-/m1/s1. The molecule has 0 aliphatic carbocycles. The predicted octanol–water partition coefficient (Wildman–Crippen LogP) is 1.61. The van der Waals surface area contributed by atoms with Gasteiger partial charge in [0, 0.05) is 12.8 Å². The number of aromatic amines is 1. The molecule has 3 heterocycles. The number of nitrogens with one attached hydrogen (secondary N) is 2. The second-order valence-corrected chi connectivity index (χ2v) is 7.76. The van der Waals surface area contributed by atoms with E-state index in [-0.39, 0.29) is 23.4 Å². The molecule has 3 rings (SSSR count). The fraction of sp³-hybridized carbons (Fsp3) is 0.500. The van der Waals surface area contributed by atoms with E-state index in [1.807, 2.05) is 0 Å². The molecule has 25 heavy (non-hydrogen) atoms. The van der Waals surface area contributed by atoms with Gasteiger partial charge in [0.1, 0.15) is 11.9 Å². The van der Waals surface area contributed by atoms with Crippen LogP contribution in [-0.2, 0) is 4.74 Å². The van der Waals surface area contributed by atoms with E-state index in [0.29, 0.717) is 16.5 Å². The molecule has 0 radical (unpaired) electrons. The summed E-state index contributed by atoms with van der Waals surface area (Å²) < 4.78 is 7.36. The normalized spacial score (nSPS) is 20.6. The van der Waals surface area contributed by atoms with E-state index in [1.54, 1.807) is 22.4 Å². The van der Waals surface area contributed by atoms with Gasteiger partial charge in [-0.3, -0.25) is 14.3 Å². The molecule has 0 spiro atoms. The van der Waals surface area contributed by atoms with Crippen LogP contribution in [0.25, 0.3) is 11.2 Å². The van der Waals surface area contributed by atoms with Crippen molar-refractivity contribution in [2.45, 2.75) is 25.7 Å². The molecule has 0 bridgehead atoms. The number of ether oxygens (including phenoxy) is 1. The van der Waals surface area contributed by atoms with Crippen LogP contribution < -0.4 is 10.9 Å². The maximum Gasteiger partial charge on any atom is 0.280 e. The molecule has 0 fully saturated rings. The fourth-order valence-corrected chi connectivity index (χ4v) is 4.86. The highest BCUT2D eigenvalue weighted by molar-refractivity contribution is 8.78. The summed E-state index contributed by atoms with van der Waals surface area (Å²) in [5.41, 5.74) is 0.149. The molecule has 0 saturated heterocycles. The monoisotopic (exact) mass is 385 g/mol. The summed E-state index contributed by atoms with van der Waals surface area (Å²) in [6, 6.07) is 0. The smallest absolute Gasteiger partial charge is 0.280 e. The largest absolute Gasteiger partial charge is 0.508 e. The van der Waals surface area contributed by atoms with Gasteiger partial charge < -0.3 is 20.3 Å². The average Bonchev–Trinajstić information content (AvgIpc) is 3.17. The van der Waals surface area contributed by atoms with E-state index < -0.39 is 12.3 Å². The number of nitrogens with zero attached hydrogens (tertiary/aromatic N) is 3. The Kier molecular flexibility index (Phi) is 5.57. The van der Waals surface area contributed by atoms with Crippen molar-refractivity contribution < 1.29 is 14.9 Å². The van der Waals surface area contributed by atoms with E-state index in [1.165, 1.54) is 17.1 Å². The van der Waals surface area contributed by atoms with Crippen LogP contribution in [-0.4, -0.2) is 55.2 Å². The van der Waals surface area contributed by atoms with Gasteiger partial charge in [0.2, 0.25) is 5.95 Å².